The van der Waals surface area contributed by atoms with Crippen LogP contribution in [0.5, 0.6) is 5.75 Å². The lowest BCUT2D eigenvalue weighted by Gasteiger charge is -2.08. The minimum absolute atomic E-state index is 0.0530. The fraction of sp³-hybridized carbons (Fsp3) is 0.200. The molecule has 4 nitrogen and oxygen atoms in total. The highest BCUT2D eigenvalue weighted by Crippen LogP contribution is 2.30. The van der Waals surface area contributed by atoms with E-state index in [1.807, 2.05) is 30.3 Å². The summed E-state index contributed by atoms with van der Waals surface area (Å²) in [6.07, 6.45) is 0. The maximum absolute atomic E-state index is 11.0. The Labute approximate surface area is 121 Å². The van der Waals surface area contributed by atoms with Crippen molar-refractivity contribution in [3.05, 3.63) is 64.2 Å². The number of benzene rings is 2. The molecule has 0 bridgehead atoms. The minimum Gasteiger partial charge on any atom is -0.486 e. The van der Waals surface area contributed by atoms with Gasteiger partial charge in [-0.15, -0.1) is 11.8 Å². The smallest absolute Gasteiger partial charge is 0.313 e. The summed E-state index contributed by atoms with van der Waals surface area (Å²) < 4.78 is 5.54. The van der Waals surface area contributed by atoms with Crippen LogP contribution in [0, 0.1) is 17.0 Å². The van der Waals surface area contributed by atoms with Crippen molar-refractivity contribution in [1.29, 1.82) is 0 Å². The third kappa shape index (κ3) is 3.74. The molecule has 0 heterocycles. The molecule has 0 N–H and O–H groups in total. The molecule has 20 heavy (non-hydrogen) atoms. The third-order valence-corrected chi connectivity index (χ3v) is 3.71. The fourth-order valence-electron chi connectivity index (χ4n) is 1.81. The van der Waals surface area contributed by atoms with Gasteiger partial charge in [-0.1, -0.05) is 30.3 Å². The molecule has 5 heteroatoms. The number of hydrogen-bond donors (Lipinski definition) is 0. The lowest BCUT2D eigenvalue weighted by molar-refractivity contribution is -0.386. The lowest BCUT2D eigenvalue weighted by atomic mass is 10.2. The Morgan fingerprint density at radius 1 is 1.15 bits per heavy atom. The summed E-state index contributed by atoms with van der Waals surface area (Å²) in [7, 11) is 0. The van der Waals surface area contributed by atoms with Crippen LogP contribution in [0.15, 0.2) is 53.4 Å². The van der Waals surface area contributed by atoms with E-state index in [2.05, 4.69) is 0 Å². The van der Waals surface area contributed by atoms with Crippen LogP contribution in [0.1, 0.15) is 5.56 Å². The molecule has 0 fully saturated rings. The molecule has 0 aliphatic carbocycles. The molecular formula is C15H15NO3S. The van der Waals surface area contributed by atoms with Crippen molar-refractivity contribution in [2.24, 2.45) is 0 Å². The zero-order chi connectivity index (χ0) is 14.4. The van der Waals surface area contributed by atoms with E-state index in [4.69, 9.17) is 4.74 Å². The molecule has 0 saturated heterocycles. The second-order valence-corrected chi connectivity index (χ2v) is 5.36. The molecule has 0 aromatic heterocycles. The van der Waals surface area contributed by atoms with Gasteiger partial charge in [-0.05, 0) is 25.1 Å². The predicted molar refractivity (Wildman–Crippen MR) is 80.5 cm³/mol. The van der Waals surface area contributed by atoms with Gasteiger partial charge in [0.2, 0.25) is 0 Å². The van der Waals surface area contributed by atoms with Crippen LogP contribution in [-0.4, -0.2) is 17.3 Å². The Morgan fingerprint density at radius 3 is 2.60 bits per heavy atom. The molecule has 2 aromatic rings. The summed E-state index contributed by atoms with van der Waals surface area (Å²) in [6.45, 7) is 2.15. The van der Waals surface area contributed by atoms with E-state index in [1.165, 1.54) is 0 Å². The van der Waals surface area contributed by atoms with Crippen molar-refractivity contribution in [2.45, 2.75) is 11.8 Å². The highest BCUT2D eigenvalue weighted by molar-refractivity contribution is 7.99. The number of aryl methyl sites for hydroxylation is 1. The lowest BCUT2D eigenvalue weighted by Crippen LogP contribution is -2.03. The number of rotatable bonds is 6. The predicted octanol–water partition coefficient (Wildman–Crippen LogP) is 4.07. The Balaban J connectivity index is 1.92. The van der Waals surface area contributed by atoms with Gasteiger partial charge in [0.05, 0.1) is 11.5 Å². The first-order chi connectivity index (χ1) is 9.68. The second kappa shape index (κ2) is 6.96. The third-order valence-electron chi connectivity index (χ3n) is 2.74. The molecule has 2 rings (SSSR count). The fourth-order valence-corrected chi connectivity index (χ4v) is 2.56. The van der Waals surface area contributed by atoms with Crippen molar-refractivity contribution >= 4 is 17.4 Å². The van der Waals surface area contributed by atoms with Gasteiger partial charge in [0.15, 0.2) is 5.75 Å². The number of nitro benzene ring substituents is 1. The average molecular weight is 289 g/mol. The summed E-state index contributed by atoms with van der Waals surface area (Å²) in [5.41, 5.74) is 0.667. The molecule has 2 aromatic carbocycles. The number of nitro groups is 1. The van der Waals surface area contributed by atoms with Crippen LogP contribution >= 0.6 is 11.8 Å². The maximum atomic E-state index is 11.0. The van der Waals surface area contributed by atoms with E-state index < -0.39 is 4.92 Å². The zero-order valence-electron chi connectivity index (χ0n) is 11.1. The van der Waals surface area contributed by atoms with Crippen LogP contribution in [-0.2, 0) is 0 Å². The molecule has 0 unspecified atom stereocenters. The maximum Gasteiger partial charge on any atom is 0.313 e. The van der Waals surface area contributed by atoms with Gasteiger partial charge in [-0.3, -0.25) is 10.1 Å². The van der Waals surface area contributed by atoms with Crippen molar-refractivity contribution in [3.8, 4) is 5.75 Å². The summed E-state index contributed by atoms with van der Waals surface area (Å²) >= 11 is 1.66. The van der Waals surface area contributed by atoms with Gasteiger partial charge < -0.3 is 4.74 Å². The Morgan fingerprint density at radius 2 is 1.90 bits per heavy atom. The van der Waals surface area contributed by atoms with E-state index in [1.54, 1.807) is 36.9 Å². The highest BCUT2D eigenvalue weighted by Gasteiger charge is 2.17. The monoisotopic (exact) mass is 289 g/mol. The van der Waals surface area contributed by atoms with Crippen molar-refractivity contribution in [1.82, 2.24) is 0 Å². The molecule has 0 saturated carbocycles. The summed E-state index contributed by atoms with van der Waals surface area (Å²) in [4.78, 5) is 11.8. The first kappa shape index (κ1) is 14.4. The zero-order valence-corrected chi connectivity index (χ0v) is 11.9. The number of hydrogen-bond acceptors (Lipinski definition) is 4. The van der Waals surface area contributed by atoms with E-state index in [9.17, 15) is 10.1 Å². The molecular weight excluding hydrogens is 274 g/mol. The Bertz CT molecular complexity index is 587. The van der Waals surface area contributed by atoms with E-state index >= 15 is 0 Å². The quantitative estimate of drug-likeness (QED) is 0.348. The normalized spacial score (nSPS) is 10.2. The highest BCUT2D eigenvalue weighted by atomic mass is 32.2. The molecule has 0 atom stereocenters. The Kier molecular flexibility index (Phi) is 5.01. The number of thioether (sulfide) groups is 1. The van der Waals surface area contributed by atoms with Crippen LogP contribution in [0.3, 0.4) is 0 Å². The first-order valence-electron chi connectivity index (χ1n) is 6.23. The standard InChI is InChI=1S/C15H15NO3S/c1-12-6-5-9-14(15(12)16(17)18)19-10-11-20-13-7-3-2-4-8-13/h2-9H,10-11H2,1H3. The van der Waals surface area contributed by atoms with E-state index in [-0.39, 0.29) is 5.69 Å². The van der Waals surface area contributed by atoms with Crippen molar-refractivity contribution in [2.75, 3.05) is 12.4 Å². The summed E-state index contributed by atoms with van der Waals surface area (Å²) in [5.74, 6) is 1.08. The van der Waals surface area contributed by atoms with Gasteiger partial charge in [0.1, 0.15) is 0 Å². The van der Waals surface area contributed by atoms with Gasteiger partial charge in [-0.25, -0.2) is 0 Å². The van der Waals surface area contributed by atoms with Gasteiger partial charge in [0.25, 0.3) is 0 Å². The van der Waals surface area contributed by atoms with Crippen LogP contribution in [0.4, 0.5) is 5.69 Å². The first-order valence-corrected chi connectivity index (χ1v) is 7.21. The van der Waals surface area contributed by atoms with Gasteiger partial charge >= 0.3 is 5.69 Å². The van der Waals surface area contributed by atoms with Gasteiger partial charge in [-0.2, -0.15) is 0 Å². The molecule has 0 radical (unpaired) electrons. The number of para-hydroxylation sites is 1. The molecule has 0 spiro atoms. The largest absolute Gasteiger partial charge is 0.486 e. The van der Waals surface area contributed by atoms with Crippen LogP contribution in [0.25, 0.3) is 0 Å². The van der Waals surface area contributed by atoms with Crippen LogP contribution < -0.4 is 4.74 Å². The SMILES string of the molecule is Cc1cccc(OCCSc2ccccc2)c1[N+](=O)[O-]. The van der Waals surface area contributed by atoms with Crippen molar-refractivity contribution < 1.29 is 9.66 Å². The van der Waals surface area contributed by atoms with E-state index in [0.717, 1.165) is 10.6 Å². The Hall–Kier alpha value is -2.01. The molecule has 104 valence electrons. The molecule has 0 aliphatic rings. The summed E-state index contributed by atoms with van der Waals surface area (Å²) in [6, 6.07) is 15.1. The molecule has 0 amide bonds. The topological polar surface area (TPSA) is 52.4 Å². The average Bonchev–Trinajstić information content (AvgIpc) is 2.44. The molecule has 0 aliphatic heterocycles. The summed E-state index contributed by atoms with van der Waals surface area (Å²) in [5, 5.41) is 11.0. The number of ether oxygens (including phenoxy) is 1. The number of nitrogens with zero attached hydrogens (tertiary/aromatic N) is 1. The van der Waals surface area contributed by atoms with E-state index in [0.29, 0.717) is 17.9 Å². The van der Waals surface area contributed by atoms with Gasteiger partial charge in [0, 0.05) is 16.2 Å². The van der Waals surface area contributed by atoms with Crippen molar-refractivity contribution in [3.63, 3.8) is 0 Å². The minimum atomic E-state index is -0.394. The second-order valence-electron chi connectivity index (χ2n) is 4.19. The van der Waals surface area contributed by atoms with Crippen LogP contribution in [0.2, 0.25) is 0 Å².